The van der Waals surface area contributed by atoms with E-state index in [0.29, 0.717) is 12.8 Å². The summed E-state index contributed by atoms with van der Waals surface area (Å²) in [5, 5.41) is 3.80. The second-order valence-electron chi connectivity index (χ2n) is 5.69. The summed E-state index contributed by atoms with van der Waals surface area (Å²) >= 11 is 0. The summed E-state index contributed by atoms with van der Waals surface area (Å²) in [6, 6.07) is 5.92. The minimum Gasteiger partial charge on any atom is -0.207 e. The summed E-state index contributed by atoms with van der Waals surface area (Å²) < 4.78 is 27.3. The standard InChI is InChI=1S/C16H20N4O2S/c1-3-12-20(16-7-5-4-6-15(16)18-19-17)23(21,22)14-10-8-13(2)9-11-14/h1,8-11,15-16H,4-7,12H2,2H3/t15-,16-/m0/s1. The monoisotopic (exact) mass is 332 g/mol. The van der Waals surface area contributed by atoms with Gasteiger partial charge in [-0.05, 0) is 37.4 Å². The van der Waals surface area contributed by atoms with Crippen LogP contribution in [-0.2, 0) is 10.0 Å². The zero-order valence-electron chi connectivity index (χ0n) is 13.1. The number of aryl methyl sites for hydroxylation is 1. The van der Waals surface area contributed by atoms with E-state index in [4.69, 9.17) is 12.0 Å². The molecule has 1 fully saturated rings. The molecule has 1 aromatic rings. The van der Waals surface area contributed by atoms with Crippen molar-refractivity contribution in [2.45, 2.75) is 49.6 Å². The molecule has 0 unspecified atom stereocenters. The van der Waals surface area contributed by atoms with Crippen LogP contribution in [0.5, 0.6) is 0 Å². The summed E-state index contributed by atoms with van der Waals surface area (Å²) in [6.07, 6.45) is 8.54. The highest BCUT2D eigenvalue weighted by Crippen LogP contribution is 2.30. The fourth-order valence-electron chi connectivity index (χ4n) is 2.94. The van der Waals surface area contributed by atoms with Crippen molar-refractivity contribution >= 4 is 10.0 Å². The number of nitrogens with zero attached hydrogens (tertiary/aromatic N) is 4. The highest BCUT2D eigenvalue weighted by molar-refractivity contribution is 7.89. The molecule has 0 amide bonds. The van der Waals surface area contributed by atoms with Crippen molar-refractivity contribution in [3.05, 3.63) is 40.3 Å². The largest absolute Gasteiger partial charge is 0.244 e. The van der Waals surface area contributed by atoms with E-state index in [1.807, 2.05) is 6.92 Å². The van der Waals surface area contributed by atoms with E-state index in [1.165, 1.54) is 4.31 Å². The molecule has 0 N–H and O–H groups in total. The maximum absolute atomic E-state index is 13.0. The highest BCUT2D eigenvalue weighted by Gasteiger charge is 2.36. The van der Waals surface area contributed by atoms with Gasteiger partial charge in [-0.25, -0.2) is 8.42 Å². The lowest BCUT2D eigenvalue weighted by Gasteiger charge is -2.36. The molecule has 1 aliphatic carbocycles. The Kier molecular flexibility index (Phi) is 5.67. The smallest absolute Gasteiger partial charge is 0.207 e. The molecule has 6 nitrogen and oxygen atoms in total. The van der Waals surface area contributed by atoms with Crippen LogP contribution in [0.3, 0.4) is 0 Å². The number of hydrogen-bond donors (Lipinski definition) is 0. The van der Waals surface area contributed by atoms with E-state index in [2.05, 4.69) is 15.9 Å². The van der Waals surface area contributed by atoms with Crippen LogP contribution in [0.25, 0.3) is 10.4 Å². The van der Waals surface area contributed by atoms with Crippen LogP contribution < -0.4 is 0 Å². The van der Waals surface area contributed by atoms with Crippen molar-refractivity contribution in [1.29, 1.82) is 0 Å². The fraction of sp³-hybridized carbons (Fsp3) is 0.500. The molecule has 0 heterocycles. The second-order valence-corrected chi connectivity index (χ2v) is 7.58. The fourth-order valence-corrected chi connectivity index (χ4v) is 4.54. The maximum atomic E-state index is 13.0. The van der Waals surface area contributed by atoms with Crippen molar-refractivity contribution in [3.63, 3.8) is 0 Å². The Hall–Kier alpha value is -2.00. The lowest BCUT2D eigenvalue weighted by atomic mass is 9.91. The van der Waals surface area contributed by atoms with Crippen LogP contribution >= 0.6 is 0 Å². The Balaban J connectivity index is 2.41. The minimum absolute atomic E-state index is 0.0294. The van der Waals surface area contributed by atoms with Crippen molar-refractivity contribution in [2.24, 2.45) is 5.11 Å². The Morgan fingerprint density at radius 1 is 1.35 bits per heavy atom. The Labute approximate surface area is 137 Å². The molecule has 2 atom stereocenters. The molecule has 0 saturated heterocycles. The van der Waals surface area contributed by atoms with Gasteiger partial charge in [0.15, 0.2) is 0 Å². The molecule has 0 bridgehead atoms. The van der Waals surface area contributed by atoms with Crippen LogP contribution in [0.4, 0.5) is 0 Å². The molecule has 1 saturated carbocycles. The van der Waals surface area contributed by atoms with Gasteiger partial charge in [-0.2, -0.15) is 4.31 Å². The lowest BCUT2D eigenvalue weighted by molar-refractivity contribution is 0.240. The number of rotatable bonds is 5. The molecule has 7 heteroatoms. The zero-order chi connectivity index (χ0) is 16.9. The van der Waals surface area contributed by atoms with E-state index < -0.39 is 10.0 Å². The number of terminal acetylenes is 1. The lowest BCUT2D eigenvalue weighted by Crippen LogP contribution is -2.47. The van der Waals surface area contributed by atoms with Gasteiger partial charge in [-0.3, -0.25) is 0 Å². The molecule has 122 valence electrons. The first-order valence-corrected chi connectivity index (χ1v) is 9.01. The predicted molar refractivity (Wildman–Crippen MR) is 89.1 cm³/mol. The SMILES string of the molecule is C#CCN([C@H]1CCCC[C@@H]1N=[N+]=[N-])S(=O)(=O)c1ccc(C)cc1. The van der Waals surface area contributed by atoms with Crippen LogP contribution in [-0.4, -0.2) is 31.4 Å². The molecule has 0 radical (unpaired) electrons. The Morgan fingerprint density at radius 2 is 2.00 bits per heavy atom. The molecular formula is C16H20N4O2S. The van der Waals surface area contributed by atoms with E-state index >= 15 is 0 Å². The summed E-state index contributed by atoms with van der Waals surface area (Å²) in [4.78, 5) is 3.08. The molecule has 0 aliphatic heterocycles. The summed E-state index contributed by atoms with van der Waals surface area (Å²) in [5.41, 5.74) is 9.73. The van der Waals surface area contributed by atoms with Crippen molar-refractivity contribution in [1.82, 2.24) is 4.31 Å². The molecule has 0 spiro atoms. The number of hydrogen-bond acceptors (Lipinski definition) is 3. The molecule has 23 heavy (non-hydrogen) atoms. The van der Waals surface area contributed by atoms with Crippen molar-refractivity contribution in [2.75, 3.05) is 6.54 Å². The third-order valence-electron chi connectivity index (χ3n) is 4.14. The maximum Gasteiger partial charge on any atom is 0.244 e. The number of sulfonamides is 1. The highest BCUT2D eigenvalue weighted by atomic mass is 32.2. The van der Waals surface area contributed by atoms with E-state index in [-0.39, 0.29) is 23.5 Å². The van der Waals surface area contributed by atoms with Gasteiger partial charge in [0, 0.05) is 11.0 Å². The topological polar surface area (TPSA) is 86.1 Å². The van der Waals surface area contributed by atoms with E-state index in [9.17, 15) is 8.42 Å². The normalized spacial score (nSPS) is 21.4. The van der Waals surface area contributed by atoms with Gasteiger partial charge in [0.05, 0.1) is 17.5 Å². The van der Waals surface area contributed by atoms with Gasteiger partial charge in [0.1, 0.15) is 0 Å². The van der Waals surface area contributed by atoms with Crippen LogP contribution in [0.1, 0.15) is 31.2 Å². The van der Waals surface area contributed by atoms with Crippen molar-refractivity contribution < 1.29 is 8.42 Å². The molecule has 1 aromatic carbocycles. The second kappa shape index (κ2) is 7.51. The van der Waals surface area contributed by atoms with Crippen LogP contribution in [0.2, 0.25) is 0 Å². The summed E-state index contributed by atoms with van der Waals surface area (Å²) in [5.74, 6) is 2.43. The predicted octanol–water partition coefficient (Wildman–Crippen LogP) is 3.24. The molecule has 1 aliphatic rings. The Bertz CT molecular complexity index is 730. The number of benzene rings is 1. The average molecular weight is 332 g/mol. The summed E-state index contributed by atoms with van der Waals surface area (Å²) in [6.45, 7) is 1.87. The minimum atomic E-state index is -3.72. The first-order valence-electron chi connectivity index (χ1n) is 7.57. The summed E-state index contributed by atoms with van der Waals surface area (Å²) in [7, 11) is -3.72. The zero-order valence-corrected chi connectivity index (χ0v) is 13.9. The third-order valence-corrected chi connectivity index (χ3v) is 6.02. The van der Waals surface area contributed by atoms with Gasteiger partial charge >= 0.3 is 0 Å². The molecule has 0 aromatic heterocycles. The third kappa shape index (κ3) is 3.85. The van der Waals surface area contributed by atoms with Gasteiger partial charge in [0.2, 0.25) is 10.0 Å². The first-order chi connectivity index (χ1) is 11.0. The van der Waals surface area contributed by atoms with Gasteiger partial charge in [0.25, 0.3) is 0 Å². The molecule has 2 rings (SSSR count). The van der Waals surface area contributed by atoms with E-state index in [1.54, 1.807) is 24.3 Å². The van der Waals surface area contributed by atoms with Crippen LogP contribution in [0.15, 0.2) is 34.3 Å². The van der Waals surface area contributed by atoms with E-state index in [0.717, 1.165) is 18.4 Å². The average Bonchev–Trinajstić information content (AvgIpc) is 2.54. The van der Waals surface area contributed by atoms with Gasteiger partial charge < -0.3 is 0 Å². The van der Waals surface area contributed by atoms with Crippen molar-refractivity contribution in [3.8, 4) is 12.3 Å². The quantitative estimate of drug-likeness (QED) is 0.359. The van der Waals surface area contributed by atoms with Gasteiger partial charge in [-0.15, -0.1) is 6.42 Å². The van der Waals surface area contributed by atoms with Gasteiger partial charge in [-0.1, -0.05) is 41.6 Å². The Morgan fingerprint density at radius 3 is 2.61 bits per heavy atom. The first kappa shape index (κ1) is 17.4. The van der Waals surface area contributed by atoms with Crippen LogP contribution in [0, 0.1) is 19.3 Å². The number of azide groups is 1. The molecular weight excluding hydrogens is 312 g/mol.